The van der Waals surface area contributed by atoms with Crippen LogP contribution in [0.25, 0.3) is 16.7 Å². The zero-order valence-corrected chi connectivity index (χ0v) is 13.9. The van der Waals surface area contributed by atoms with Gasteiger partial charge in [0, 0.05) is 13.1 Å². The van der Waals surface area contributed by atoms with Crippen LogP contribution in [0.15, 0.2) is 41.5 Å². The first-order valence-electron chi connectivity index (χ1n) is 8.24. The van der Waals surface area contributed by atoms with Gasteiger partial charge < -0.3 is 19.4 Å². The van der Waals surface area contributed by atoms with Crippen molar-refractivity contribution in [3.8, 4) is 11.6 Å². The summed E-state index contributed by atoms with van der Waals surface area (Å²) in [5, 5.41) is 4.57. The van der Waals surface area contributed by atoms with Gasteiger partial charge in [-0.05, 0) is 12.1 Å². The number of ether oxygens (including phenoxy) is 2. The van der Waals surface area contributed by atoms with Crippen LogP contribution < -0.4 is 10.3 Å². The summed E-state index contributed by atoms with van der Waals surface area (Å²) >= 11 is 0. The SMILES string of the molecule is O=C(COc1nn(-c2ccccc2)c2nc[nH]c(=O)c12)N1CCOCC1. The number of rotatable bonds is 4. The van der Waals surface area contributed by atoms with Gasteiger partial charge in [-0.15, -0.1) is 5.10 Å². The second-order valence-electron chi connectivity index (χ2n) is 5.76. The Morgan fingerprint density at radius 3 is 2.77 bits per heavy atom. The Labute approximate surface area is 148 Å². The number of aromatic nitrogens is 4. The Bertz CT molecular complexity index is 976. The van der Waals surface area contributed by atoms with Crippen molar-refractivity contribution in [1.82, 2.24) is 24.6 Å². The standard InChI is InChI=1S/C17H17N5O4/c23-13(21-6-8-25-9-7-21)10-26-17-14-15(18-11-19-16(14)24)22(20-17)12-4-2-1-3-5-12/h1-5,11H,6-10H2,(H,18,19,24). The van der Waals surface area contributed by atoms with Gasteiger partial charge in [0.15, 0.2) is 12.3 Å². The van der Waals surface area contributed by atoms with Gasteiger partial charge in [-0.2, -0.15) is 0 Å². The van der Waals surface area contributed by atoms with Crippen molar-refractivity contribution in [2.75, 3.05) is 32.9 Å². The average molecular weight is 355 g/mol. The molecule has 4 rings (SSSR count). The van der Waals surface area contributed by atoms with Gasteiger partial charge in [-0.1, -0.05) is 18.2 Å². The number of morpholine rings is 1. The molecule has 9 heteroatoms. The molecule has 0 unspecified atom stereocenters. The normalized spacial score (nSPS) is 14.5. The molecule has 1 N–H and O–H groups in total. The van der Waals surface area contributed by atoms with Crippen molar-refractivity contribution in [3.05, 3.63) is 47.0 Å². The average Bonchev–Trinajstić information content (AvgIpc) is 3.07. The number of aromatic amines is 1. The highest BCUT2D eigenvalue weighted by Gasteiger charge is 2.21. The molecule has 0 atom stereocenters. The van der Waals surface area contributed by atoms with E-state index in [0.717, 1.165) is 5.69 Å². The summed E-state index contributed by atoms with van der Waals surface area (Å²) < 4.78 is 12.4. The van der Waals surface area contributed by atoms with Gasteiger partial charge in [-0.3, -0.25) is 9.59 Å². The van der Waals surface area contributed by atoms with Crippen molar-refractivity contribution in [3.63, 3.8) is 0 Å². The zero-order chi connectivity index (χ0) is 17.9. The summed E-state index contributed by atoms with van der Waals surface area (Å²) in [6.45, 7) is 1.89. The van der Waals surface area contributed by atoms with E-state index in [1.807, 2.05) is 30.3 Å². The molecule has 1 amide bonds. The topological polar surface area (TPSA) is 102 Å². The lowest BCUT2D eigenvalue weighted by atomic mass is 10.3. The van der Waals surface area contributed by atoms with E-state index in [2.05, 4.69) is 15.1 Å². The Hall–Kier alpha value is -3.20. The second-order valence-corrected chi connectivity index (χ2v) is 5.76. The monoisotopic (exact) mass is 355 g/mol. The van der Waals surface area contributed by atoms with Crippen molar-refractivity contribution in [2.45, 2.75) is 0 Å². The Morgan fingerprint density at radius 2 is 2.00 bits per heavy atom. The predicted molar refractivity (Wildman–Crippen MR) is 92.4 cm³/mol. The summed E-state index contributed by atoms with van der Waals surface area (Å²) in [5.74, 6) is -0.0872. The molecule has 0 aliphatic carbocycles. The molecule has 1 aromatic carbocycles. The fourth-order valence-corrected chi connectivity index (χ4v) is 2.82. The van der Waals surface area contributed by atoms with E-state index in [4.69, 9.17) is 9.47 Å². The molecule has 1 fully saturated rings. The Morgan fingerprint density at radius 1 is 1.23 bits per heavy atom. The first kappa shape index (κ1) is 16.3. The number of carbonyl (C=O) groups excluding carboxylic acids is 1. The molecular weight excluding hydrogens is 338 g/mol. The molecule has 134 valence electrons. The van der Waals surface area contributed by atoms with E-state index in [1.54, 1.807) is 4.90 Å². The number of nitrogens with one attached hydrogen (secondary N) is 1. The van der Waals surface area contributed by atoms with Crippen LogP contribution in [0, 0.1) is 0 Å². The summed E-state index contributed by atoms with van der Waals surface area (Å²) in [5.41, 5.74) is 0.740. The largest absolute Gasteiger partial charge is 0.466 e. The lowest BCUT2D eigenvalue weighted by Crippen LogP contribution is -2.43. The van der Waals surface area contributed by atoms with Crippen LogP contribution in [0.4, 0.5) is 0 Å². The zero-order valence-electron chi connectivity index (χ0n) is 13.9. The van der Waals surface area contributed by atoms with Crippen LogP contribution in [-0.4, -0.2) is 63.5 Å². The molecule has 0 saturated carbocycles. The van der Waals surface area contributed by atoms with Gasteiger partial charge in [0.2, 0.25) is 5.88 Å². The third kappa shape index (κ3) is 3.04. The third-order valence-corrected chi connectivity index (χ3v) is 4.14. The van der Waals surface area contributed by atoms with Crippen molar-refractivity contribution >= 4 is 16.9 Å². The smallest absolute Gasteiger partial charge is 0.265 e. The van der Waals surface area contributed by atoms with E-state index in [1.165, 1.54) is 11.0 Å². The number of hydrogen-bond acceptors (Lipinski definition) is 6. The number of amides is 1. The molecule has 2 aromatic heterocycles. The van der Waals surface area contributed by atoms with E-state index in [0.29, 0.717) is 32.0 Å². The second kappa shape index (κ2) is 6.96. The quantitative estimate of drug-likeness (QED) is 0.724. The van der Waals surface area contributed by atoms with Crippen LogP contribution in [0.3, 0.4) is 0 Å². The molecule has 3 heterocycles. The fourth-order valence-electron chi connectivity index (χ4n) is 2.82. The van der Waals surface area contributed by atoms with Crippen LogP contribution in [0.5, 0.6) is 5.88 Å². The van der Waals surface area contributed by atoms with Gasteiger partial charge in [-0.25, -0.2) is 9.67 Å². The maximum Gasteiger partial charge on any atom is 0.265 e. The van der Waals surface area contributed by atoms with E-state index >= 15 is 0 Å². The highest BCUT2D eigenvalue weighted by molar-refractivity contribution is 5.83. The maximum absolute atomic E-state index is 12.3. The van der Waals surface area contributed by atoms with Crippen molar-refractivity contribution in [1.29, 1.82) is 0 Å². The maximum atomic E-state index is 12.3. The number of benzene rings is 1. The fraction of sp³-hybridized carbons (Fsp3) is 0.294. The van der Waals surface area contributed by atoms with Gasteiger partial charge in [0.25, 0.3) is 11.5 Å². The predicted octanol–water partition coefficient (Wildman–Crippen LogP) is 0.346. The van der Waals surface area contributed by atoms with Gasteiger partial charge in [0.1, 0.15) is 5.39 Å². The lowest BCUT2D eigenvalue weighted by Gasteiger charge is -2.26. The molecule has 1 saturated heterocycles. The molecule has 0 radical (unpaired) electrons. The number of H-pyrrole nitrogens is 1. The number of para-hydroxylation sites is 1. The minimum Gasteiger partial charge on any atom is -0.466 e. The van der Waals surface area contributed by atoms with E-state index in [-0.39, 0.29) is 29.3 Å². The van der Waals surface area contributed by atoms with Gasteiger partial charge in [0.05, 0.1) is 25.2 Å². The Kier molecular flexibility index (Phi) is 4.36. The highest BCUT2D eigenvalue weighted by atomic mass is 16.5. The molecule has 9 nitrogen and oxygen atoms in total. The van der Waals surface area contributed by atoms with Crippen molar-refractivity contribution in [2.24, 2.45) is 0 Å². The minimum atomic E-state index is -0.369. The Balaban J connectivity index is 1.65. The molecular formula is C17H17N5O4. The number of hydrogen-bond donors (Lipinski definition) is 1. The number of carbonyl (C=O) groups is 1. The summed E-state index contributed by atoms with van der Waals surface area (Å²) in [7, 11) is 0. The number of fused-ring (bicyclic) bond motifs is 1. The van der Waals surface area contributed by atoms with Gasteiger partial charge >= 0.3 is 0 Å². The molecule has 1 aliphatic heterocycles. The summed E-state index contributed by atoms with van der Waals surface area (Å²) in [4.78, 5) is 32.9. The molecule has 1 aliphatic rings. The van der Waals surface area contributed by atoms with E-state index < -0.39 is 0 Å². The van der Waals surface area contributed by atoms with Crippen LogP contribution >= 0.6 is 0 Å². The summed E-state index contributed by atoms with van der Waals surface area (Å²) in [6.07, 6.45) is 1.31. The highest BCUT2D eigenvalue weighted by Crippen LogP contribution is 2.22. The van der Waals surface area contributed by atoms with Crippen LogP contribution in [0.2, 0.25) is 0 Å². The van der Waals surface area contributed by atoms with Crippen LogP contribution in [0.1, 0.15) is 0 Å². The first-order chi connectivity index (χ1) is 12.7. The van der Waals surface area contributed by atoms with E-state index in [9.17, 15) is 9.59 Å². The molecule has 26 heavy (non-hydrogen) atoms. The molecule has 0 bridgehead atoms. The number of nitrogens with zero attached hydrogens (tertiary/aromatic N) is 4. The minimum absolute atomic E-state index is 0.0832. The van der Waals surface area contributed by atoms with Crippen molar-refractivity contribution < 1.29 is 14.3 Å². The van der Waals surface area contributed by atoms with Crippen LogP contribution in [-0.2, 0) is 9.53 Å². The first-order valence-corrected chi connectivity index (χ1v) is 8.24. The third-order valence-electron chi connectivity index (χ3n) is 4.14. The summed E-state index contributed by atoms with van der Waals surface area (Å²) in [6, 6.07) is 9.29. The molecule has 3 aromatic rings. The molecule has 0 spiro atoms. The lowest BCUT2D eigenvalue weighted by molar-refractivity contribution is -0.137.